The minimum Gasteiger partial charge on any atom is -0.496 e. The Hall–Kier alpha value is -1.09. The third-order valence-electron chi connectivity index (χ3n) is 4.51. The van der Waals surface area contributed by atoms with E-state index in [0.29, 0.717) is 55.4 Å². The van der Waals surface area contributed by atoms with Gasteiger partial charge in [0.15, 0.2) is 0 Å². The number of nitrogens with one attached hydrogen (secondary N) is 1. The van der Waals surface area contributed by atoms with Crippen LogP contribution < -0.4 is 15.8 Å². The molecule has 1 amide bonds. The first-order chi connectivity index (χ1) is 12.2. The molecule has 0 unspecified atom stereocenters. The van der Waals surface area contributed by atoms with E-state index < -0.39 is 12.7 Å². The third kappa shape index (κ3) is 8.11. The molecule has 0 radical (unpaired) electrons. The first-order valence-electron chi connectivity index (χ1n) is 8.40. The van der Waals surface area contributed by atoms with Gasteiger partial charge >= 0.3 is 6.18 Å². The zero-order chi connectivity index (χ0) is 19.3. The molecule has 162 valence electrons. The van der Waals surface area contributed by atoms with Crippen LogP contribution in [0.4, 0.5) is 18.9 Å². The Balaban J connectivity index is 0.00000364. The molecule has 1 saturated heterocycles. The van der Waals surface area contributed by atoms with E-state index in [0.717, 1.165) is 6.42 Å². The molecule has 0 aliphatic carbocycles. The summed E-state index contributed by atoms with van der Waals surface area (Å²) in [5.41, 5.74) is 6.32. The Morgan fingerprint density at radius 1 is 1.32 bits per heavy atom. The highest BCUT2D eigenvalue weighted by atomic mass is 35.5. The number of halogens is 6. The molecule has 1 fully saturated rings. The predicted octanol–water partition coefficient (Wildman–Crippen LogP) is 4.17. The van der Waals surface area contributed by atoms with E-state index in [2.05, 4.69) is 5.32 Å². The second-order valence-corrected chi connectivity index (χ2v) is 6.86. The number of amides is 1. The molecule has 1 aromatic rings. The molecule has 0 spiro atoms. The number of nitrogens with zero attached hydrogens (tertiary/aromatic N) is 1. The molecule has 5 nitrogen and oxygen atoms in total. The second kappa shape index (κ2) is 11.8. The van der Waals surface area contributed by atoms with Gasteiger partial charge < -0.3 is 15.8 Å². The van der Waals surface area contributed by atoms with Crippen molar-refractivity contribution in [2.45, 2.75) is 25.4 Å². The molecule has 0 aromatic heterocycles. The number of rotatable bonds is 6. The van der Waals surface area contributed by atoms with Crippen LogP contribution in [0, 0.1) is 5.92 Å². The smallest absolute Gasteiger partial charge is 0.401 e. The number of alkyl halides is 3. The van der Waals surface area contributed by atoms with Crippen LogP contribution in [-0.4, -0.2) is 50.3 Å². The molecular formula is C17H25Cl3F3N3O2. The van der Waals surface area contributed by atoms with Gasteiger partial charge in [-0.2, -0.15) is 13.2 Å². The lowest BCUT2D eigenvalue weighted by molar-refractivity contribution is -0.148. The average molecular weight is 467 g/mol. The van der Waals surface area contributed by atoms with Crippen molar-refractivity contribution in [3.63, 3.8) is 0 Å². The van der Waals surface area contributed by atoms with E-state index in [1.807, 2.05) is 0 Å². The van der Waals surface area contributed by atoms with Crippen LogP contribution >= 0.6 is 36.4 Å². The van der Waals surface area contributed by atoms with Crippen molar-refractivity contribution in [2.75, 3.05) is 39.0 Å². The summed E-state index contributed by atoms with van der Waals surface area (Å²) >= 11 is 5.96. The van der Waals surface area contributed by atoms with Gasteiger partial charge in [0.25, 0.3) is 5.91 Å². The molecule has 1 aliphatic heterocycles. The minimum atomic E-state index is -4.15. The van der Waals surface area contributed by atoms with Crippen molar-refractivity contribution in [1.29, 1.82) is 0 Å². The summed E-state index contributed by atoms with van der Waals surface area (Å²) in [5.74, 6) is 0.319. The maximum atomic E-state index is 12.4. The van der Waals surface area contributed by atoms with Crippen molar-refractivity contribution < 1.29 is 22.7 Å². The van der Waals surface area contributed by atoms with Gasteiger partial charge in [0, 0.05) is 12.6 Å². The highest BCUT2D eigenvalue weighted by Crippen LogP contribution is 2.29. The van der Waals surface area contributed by atoms with Crippen LogP contribution in [-0.2, 0) is 0 Å². The number of carbonyl (C=O) groups excluding carboxylic acids is 1. The number of likely N-dealkylation sites (tertiary alicyclic amines) is 1. The van der Waals surface area contributed by atoms with Crippen LogP contribution in [0.5, 0.6) is 5.75 Å². The fourth-order valence-electron chi connectivity index (χ4n) is 3.09. The average Bonchev–Trinajstić information content (AvgIpc) is 2.57. The summed E-state index contributed by atoms with van der Waals surface area (Å²) in [5, 5.41) is 3.08. The molecule has 28 heavy (non-hydrogen) atoms. The number of nitrogen functional groups attached to an aromatic ring is 1. The highest BCUT2D eigenvalue weighted by Gasteiger charge is 2.32. The van der Waals surface area contributed by atoms with Crippen LogP contribution in [0.1, 0.15) is 29.6 Å². The van der Waals surface area contributed by atoms with Crippen LogP contribution in [0.25, 0.3) is 0 Å². The molecule has 11 heteroatoms. The molecule has 0 atom stereocenters. The summed E-state index contributed by atoms with van der Waals surface area (Å²) in [6, 6.07) is 2.95. The lowest BCUT2D eigenvalue weighted by Gasteiger charge is -2.32. The van der Waals surface area contributed by atoms with Crippen LogP contribution in [0.2, 0.25) is 5.02 Å². The lowest BCUT2D eigenvalue weighted by atomic mass is 9.93. The monoisotopic (exact) mass is 465 g/mol. The van der Waals surface area contributed by atoms with E-state index in [4.69, 9.17) is 22.1 Å². The van der Waals surface area contributed by atoms with Gasteiger partial charge in [-0.1, -0.05) is 11.6 Å². The number of methoxy groups -OCH3 is 1. The van der Waals surface area contributed by atoms with Crippen molar-refractivity contribution in [1.82, 2.24) is 10.2 Å². The van der Waals surface area contributed by atoms with Gasteiger partial charge in [0.1, 0.15) is 5.75 Å². The molecular weight excluding hydrogens is 442 g/mol. The van der Waals surface area contributed by atoms with Crippen molar-refractivity contribution in [3.05, 3.63) is 22.7 Å². The Labute approximate surface area is 179 Å². The first-order valence-corrected chi connectivity index (χ1v) is 8.77. The predicted molar refractivity (Wildman–Crippen MR) is 109 cm³/mol. The molecule has 0 saturated carbocycles. The molecule has 0 bridgehead atoms. The zero-order valence-electron chi connectivity index (χ0n) is 15.4. The van der Waals surface area contributed by atoms with Gasteiger partial charge in [0.2, 0.25) is 0 Å². The maximum Gasteiger partial charge on any atom is 0.401 e. The summed E-state index contributed by atoms with van der Waals surface area (Å²) < 4.78 is 42.3. The number of anilines is 1. The summed E-state index contributed by atoms with van der Waals surface area (Å²) in [6.45, 7) is 0.446. The number of hydrogen-bond acceptors (Lipinski definition) is 4. The van der Waals surface area contributed by atoms with E-state index in [1.165, 1.54) is 24.1 Å². The second-order valence-electron chi connectivity index (χ2n) is 6.45. The quantitative estimate of drug-likeness (QED) is 0.618. The summed E-state index contributed by atoms with van der Waals surface area (Å²) in [4.78, 5) is 13.7. The van der Waals surface area contributed by atoms with Crippen LogP contribution in [0.3, 0.4) is 0 Å². The minimum absolute atomic E-state index is 0. The maximum absolute atomic E-state index is 12.4. The Morgan fingerprint density at radius 2 is 1.93 bits per heavy atom. The van der Waals surface area contributed by atoms with E-state index in [9.17, 15) is 18.0 Å². The third-order valence-corrected chi connectivity index (χ3v) is 4.84. The van der Waals surface area contributed by atoms with E-state index in [1.54, 1.807) is 0 Å². The van der Waals surface area contributed by atoms with Crippen LogP contribution in [0.15, 0.2) is 12.1 Å². The highest BCUT2D eigenvalue weighted by molar-refractivity contribution is 6.33. The van der Waals surface area contributed by atoms with Crippen molar-refractivity contribution in [3.8, 4) is 5.75 Å². The number of benzene rings is 1. The van der Waals surface area contributed by atoms with E-state index >= 15 is 0 Å². The number of ether oxygens (including phenoxy) is 1. The number of hydrogen-bond donors (Lipinski definition) is 2. The fourth-order valence-corrected chi connectivity index (χ4v) is 3.25. The molecule has 1 aromatic carbocycles. The summed E-state index contributed by atoms with van der Waals surface area (Å²) in [6.07, 6.45) is -2.04. The molecule has 3 N–H and O–H groups in total. The normalized spacial score (nSPS) is 15.3. The molecule has 1 heterocycles. The lowest BCUT2D eigenvalue weighted by Crippen LogP contribution is -2.40. The van der Waals surface area contributed by atoms with Gasteiger partial charge in [0.05, 0.1) is 29.9 Å². The Kier molecular flexibility index (Phi) is 11.3. The van der Waals surface area contributed by atoms with Gasteiger partial charge in [-0.25, -0.2) is 0 Å². The topological polar surface area (TPSA) is 67.6 Å². The molecule has 1 aliphatic rings. The number of nitrogens with two attached hydrogens (primary N) is 1. The Morgan fingerprint density at radius 3 is 2.46 bits per heavy atom. The summed E-state index contributed by atoms with van der Waals surface area (Å²) in [7, 11) is 1.44. The largest absolute Gasteiger partial charge is 0.496 e. The van der Waals surface area contributed by atoms with Gasteiger partial charge in [-0.15, -0.1) is 24.8 Å². The number of carbonyl (C=O) groups is 1. The fraction of sp³-hybridized carbons (Fsp3) is 0.588. The Bertz CT molecular complexity index is 640. The van der Waals surface area contributed by atoms with Crippen molar-refractivity contribution in [2.24, 2.45) is 5.92 Å². The van der Waals surface area contributed by atoms with Gasteiger partial charge in [-0.3, -0.25) is 9.69 Å². The standard InChI is InChI=1S/C17H23ClF3N3O2.2ClH/c1-26-15-9-14(22)13(18)8-12(15)16(25)23-5-2-11-3-6-24(7-4-11)10-17(19,20)21;;/h8-9,11H,2-7,10,22H2,1H3,(H,23,25);2*1H. The first kappa shape index (κ1) is 26.9. The van der Waals surface area contributed by atoms with Crippen molar-refractivity contribution >= 4 is 48.0 Å². The zero-order valence-corrected chi connectivity index (χ0v) is 17.7. The SMILES string of the molecule is COc1cc(N)c(Cl)cc1C(=O)NCCC1CCN(CC(F)(F)F)CC1.Cl.Cl. The number of piperidine rings is 1. The van der Waals surface area contributed by atoms with E-state index in [-0.39, 0.29) is 35.7 Å². The molecule has 2 rings (SSSR count). The van der Waals surface area contributed by atoms with Gasteiger partial charge in [-0.05, 0) is 44.3 Å².